The summed E-state index contributed by atoms with van der Waals surface area (Å²) in [5.41, 5.74) is -2.76. The lowest BCUT2D eigenvalue weighted by atomic mass is 10.1. The Morgan fingerprint density at radius 1 is 1.42 bits per heavy atom. The molecule has 4 nitrogen and oxygen atoms in total. The molecule has 1 aromatic carbocycles. The van der Waals surface area contributed by atoms with Crippen LogP contribution in [-0.2, 0) is 4.79 Å². The predicted molar refractivity (Wildman–Crippen MR) is 63.4 cm³/mol. The van der Waals surface area contributed by atoms with Crippen LogP contribution >= 0.6 is 11.6 Å². The van der Waals surface area contributed by atoms with Crippen molar-refractivity contribution in [3.8, 4) is 0 Å². The molecule has 0 radical (unpaired) electrons. The molecule has 1 aromatic rings. The van der Waals surface area contributed by atoms with Gasteiger partial charge in [0, 0.05) is 13.0 Å². The van der Waals surface area contributed by atoms with Crippen molar-refractivity contribution in [3.05, 3.63) is 34.6 Å². The van der Waals surface area contributed by atoms with Gasteiger partial charge in [-0.3, -0.25) is 4.79 Å². The molecule has 2 rings (SSSR count). The van der Waals surface area contributed by atoms with Gasteiger partial charge in [0.05, 0.1) is 17.1 Å². The van der Waals surface area contributed by atoms with Gasteiger partial charge in [0.1, 0.15) is 0 Å². The van der Waals surface area contributed by atoms with Crippen LogP contribution in [0.25, 0.3) is 0 Å². The number of alkyl halides is 1. The summed E-state index contributed by atoms with van der Waals surface area (Å²) < 4.78 is 27.5. The molecule has 1 aliphatic heterocycles. The lowest BCUT2D eigenvalue weighted by molar-refractivity contribution is -0.149. The van der Waals surface area contributed by atoms with E-state index < -0.39 is 29.9 Å². The van der Waals surface area contributed by atoms with Crippen LogP contribution in [0.15, 0.2) is 18.2 Å². The molecule has 1 aliphatic rings. The summed E-state index contributed by atoms with van der Waals surface area (Å²) in [6.07, 6.45) is -0.309. The van der Waals surface area contributed by atoms with Crippen LogP contribution in [0.4, 0.5) is 8.78 Å². The number of likely N-dealkylation sites (tertiary alicyclic amines) is 1. The number of halogens is 3. The van der Waals surface area contributed by atoms with Gasteiger partial charge >= 0.3 is 5.97 Å². The Morgan fingerprint density at radius 2 is 2.11 bits per heavy atom. The van der Waals surface area contributed by atoms with Gasteiger partial charge in [-0.2, -0.15) is 0 Å². The molecule has 0 aliphatic carbocycles. The summed E-state index contributed by atoms with van der Waals surface area (Å²) in [6, 6.07) is 3.91. The van der Waals surface area contributed by atoms with Crippen molar-refractivity contribution in [1.82, 2.24) is 4.90 Å². The molecule has 0 spiro atoms. The SMILES string of the molecule is O=C(c1cccc(Cl)c1F)N1CCC(F)(C(=O)O)C1. The van der Waals surface area contributed by atoms with E-state index in [2.05, 4.69) is 0 Å². The molecular weight excluding hydrogens is 280 g/mol. The number of hydrogen-bond acceptors (Lipinski definition) is 2. The number of amides is 1. The van der Waals surface area contributed by atoms with Crippen LogP contribution in [0.2, 0.25) is 5.02 Å². The zero-order valence-corrected chi connectivity index (χ0v) is 10.5. The molecule has 1 N–H and O–H groups in total. The smallest absolute Gasteiger partial charge is 0.343 e. The molecule has 7 heteroatoms. The van der Waals surface area contributed by atoms with E-state index in [1.165, 1.54) is 18.2 Å². The molecule has 1 atom stereocenters. The number of hydrogen-bond donors (Lipinski definition) is 1. The maximum atomic E-state index is 13.8. The second-order valence-electron chi connectivity index (χ2n) is 4.35. The highest BCUT2D eigenvalue weighted by Crippen LogP contribution is 2.28. The third-order valence-corrected chi connectivity index (χ3v) is 3.36. The Bertz CT molecular complexity index is 552. The van der Waals surface area contributed by atoms with Gasteiger partial charge in [0.15, 0.2) is 5.82 Å². The molecule has 19 heavy (non-hydrogen) atoms. The zero-order chi connectivity index (χ0) is 14.2. The van der Waals surface area contributed by atoms with Crippen LogP contribution in [0.1, 0.15) is 16.8 Å². The Morgan fingerprint density at radius 3 is 2.68 bits per heavy atom. The minimum atomic E-state index is -2.47. The topological polar surface area (TPSA) is 57.6 Å². The van der Waals surface area contributed by atoms with Crippen LogP contribution in [-0.4, -0.2) is 40.6 Å². The first-order valence-electron chi connectivity index (χ1n) is 5.51. The molecule has 1 amide bonds. The zero-order valence-electron chi connectivity index (χ0n) is 9.70. The van der Waals surface area contributed by atoms with Crippen molar-refractivity contribution < 1.29 is 23.5 Å². The maximum absolute atomic E-state index is 13.8. The summed E-state index contributed by atoms with van der Waals surface area (Å²) in [7, 11) is 0. The van der Waals surface area contributed by atoms with Crippen LogP contribution in [0, 0.1) is 5.82 Å². The van der Waals surface area contributed by atoms with Gasteiger partial charge < -0.3 is 10.0 Å². The number of benzene rings is 1. The first-order chi connectivity index (χ1) is 8.85. The maximum Gasteiger partial charge on any atom is 0.343 e. The number of rotatable bonds is 2. The van der Waals surface area contributed by atoms with Gasteiger partial charge in [-0.1, -0.05) is 17.7 Å². The molecule has 0 aromatic heterocycles. The largest absolute Gasteiger partial charge is 0.479 e. The summed E-state index contributed by atoms with van der Waals surface area (Å²) >= 11 is 5.56. The monoisotopic (exact) mass is 289 g/mol. The van der Waals surface area contributed by atoms with Crippen molar-refractivity contribution in [3.63, 3.8) is 0 Å². The van der Waals surface area contributed by atoms with Gasteiger partial charge in [-0.25, -0.2) is 13.6 Å². The van der Waals surface area contributed by atoms with Crippen LogP contribution in [0.3, 0.4) is 0 Å². The molecule has 1 fully saturated rings. The number of carboxylic acid groups (broad SMARTS) is 1. The summed E-state index contributed by atoms with van der Waals surface area (Å²) in [5, 5.41) is 8.52. The summed E-state index contributed by atoms with van der Waals surface area (Å²) in [6.45, 7) is -0.666. The molecule has 1 saturated heterocycles. The fourth-order valence-electron chi connectivity index (χ4n) is 1.96. The van der Waals surface area contributed by atoms with E-state index in [-0.39, 0.29) is 23.6 Å². The first-order valence-corrected chi connectivity index (χ1v) is 5.88. The van der Waals surface area contributed by atoms with Gasteiger partial charge in [-0.05, 0) is 12.1 Å². The molecule has 0 saturated carbocycles. The summed E-state index contributed by atoms with van der Waals surface area (Å²) in [5.74, 6) is -3.27. The number of carbonyl (C=O) groups excluding carboxylic acids is 1. The van der Waals surface area contributed by atoms with E-state index in [0.717, 1.165) is 4.90 Å². The minimum Gasteiger partial charge on any atom is -0.479 e. The highest BCUT2D eigenvalue weighted by atomic mass is 35.5. The lowest BCUT2D eigenvalue weighted by Gasteiger charge is -2.18. The van der Waals surface area contributed by atoms with Crippen LogP contribution < -0.4 is 0 Å². The van der Waals surface area contributed by atoms with E-state index in [1.54, 1.807) is 0 Å². The Labute approximate surface area is 112 Å². The summed E-state index contributed by atoms with van der Waals surface area (Å²) in [4.78, 5) is 23.7. The second kappa shape index (κ2) is 4.77. The Hall–Kier alpha value is -1.69. The number of carboxylic acids is 1. The first kappa shape index (κ1) is 13.7. The van der Waals surface area contributed by atoms with Gasteiger partial charge in [-0.15, -0.1) is 0 Å². The quantitative estimate of drug-likeness (QED) is 0.907. The Balaban J connectivity index is 2.23. The normalized spacial score (nSPS) is 22.6. The fraction of sp³-hybridized carbons (Fsp3) is 0.333. The van der Waals surface area contributed by atoms with E-state index in [0.29, 0.717) is 0 Å². The fourth-order valence-corrected chi connectivity index (χ4v) is 2.13. The van der Waals surface area contributed by atoms with E-state index in [9.17, 15) is 18.4 Å². The standard InChI is InChI=1S/C12H10ClF2NO3/c13-8-3-1-2-7(9(8)14)10(17)16-5-4-12(15,6-16)11(18)19/h1-3H,4-6H2,(H,18,19). The number of carbonyl (C=O) groups is 2. The van der Waals surface area contributed by atoms with Crippen molar-refractivity contribution in [2.45, 2.75) is 12.1 Å². The second-order valence-corrected chi connectivity index (χ2v) is 4.76. The predicted octanol–water partition coefficient (Wildman–Crippen LogP) is 2.12. The van der Waals surface area contributed by atoms with Crippen molar-refractivity contribution in [2.75, 3.05) is 13.1 Å². The molecular formula is C12H10ClF2NO3. The van der Waals surface area contributed by atoms with Crippen molar-refractivity contribution in [1.29, 1.82) is 0 Å². The van der Waals surface area contributed by atoms with Crippen molar-refractivity contribution in [2.24, 2.45) is 0 Å². The third-order valence-electron chi connectivity index (χ3n) is 3.07. The van der Waals surface area contributed by atoms with Crippen LogP contribution in [0.5, 0.6) is 0 Å². The highest BCUT2D eigenvalue weighted by Gasteiger charge is 2.47. The molecule has 1 unspecified atom stereocenters. The van der Waals surface area contributed by atoms with E-state index in [4.69, 9.17) is 16.7 Å². The minimum absolute atomic E-state index is 0.0758. The van der Waals surface area contributed by atoms with E-state index in [1.807, 2.05) is 0 Å². The molecule has 0 bridgehead atoms. The average Bonchev–Trinajstić information content (AvgIpc) is 2.76. The average molecular weight is 290 g/mol. The molecule has 102 valence electrons. The highest BCUT2D eigenvalue weighted by molar-refractivity contribution is 6.31. The third kappa shape index (κ3) is 2.40. The van der Waals surface area contributed by atoms with Gasteiger partial charge in [0.25, 0.3) is 5.91 Å². The lowest BCUT2D eigenvalue weighted by Crippen LogP contribution is -2.39. The Kier molecular flexibility index (Phi) is 3.45. The number of aliphatic carboxylic acids is 1. The van der Waals surface area contributed by atoms with E-state index >= 15 is 0 Å². The van der Waals surface area contributed by atoms with Gasteiger partial charge in [0.2, 0.25) is 5.67 Å². The molecule has 1 heterocycles. The van der Waals surface area contributed by atoms with Crippen molar-refractivity contribution >= 4 is 23.5 Å². The number of nitrogens with zero attached hydrogens (tertiary/aromatic N) is 1.